The first-order chi connectivity index (χ1) is 8.58. The zero-order chi connectivity index (χ0) is 13.1. The van der Waals surface area contributed by atoms with Gasteiger partial charge in [-0.25, -0.2) is 4.39 Å². The molecule has 1 aromatic heterocycles. The number of rotatable bonds is 4. The lowest BCUT2D eigenvalue weighted by molar-refractivity contribution is 0.0922. The topological polar surface area (TPSA) is 26.3 Å². The van der Waals surface area contributed by atoms with Crippen molar-refractivity contribution in [2.75, 3.05) is 6.61 Å². The summed E-state index contributed by atoms with van der Waals surface area (Å²) >= 11 is 6.91. The molecule has 0 saturated heterocycles. The van der Waals surface area contributed by atoms with E-state index < -0.39 is 5.82 Å². The van der Waals surface area contributed by atoms with Crippen LogP contribution in [0.5, 0.6) is 5.75 Å². The third kappa shape index (κ3) is 2.89. The monoisotopic (exact) mass is 284 g/mol. The Morgan fingerprint density at radius 2 is 2.17 bits per heavy atom. The van der Waals surface area contributed by atoms with Gasteiger partial charge in [0, 0.05) is 0 Å². The first kappa shape index (κ1) is 13.1. The molecule has 2 rings (SSSR count). The molecule has 0 bridgehead atoms. The van der Waals surface area contributed by atoms with Crippen molar-refractivity contribution in [3.63, 3.8) is 0 Å². The maximum atomic E-state index is 13.6. The molecule has 0 saturated carbocycles. The molecule has 94 valence electrons. The summed E-state index contributed by atoms with van der Waals surface area (Å²) in [7, 11) is 0. The normalized spacial score (nSPS) is 10.4. The van der Waals surface area contributed by atoms with Crippen molar-refractivity contribution < 1.29 is 13.9 Å². The van der Waals surface area contributed by atoms with Crippen LogP contribution < -0.4 is 4.74 Å². The van der Waals surface area contributed by atoms with Crippen molar-refractivity contribution >= 4 is 28.7 Å². The van der Waals surface area contributed by atoms with Crippen molar-refractivity contribution in [3.8, 4) is 5.75 Å². The highest BCUT2D eigenvalue weighted by atomic mass is 35.5. The number of hydrogen-bond acceptors (Lipinski definition) is 3. The van der Waals surface area contributed by atoms with Crippen LogP contribution in [0.3, 0.4) is 0 Å². The van der Waals surface area contributed by atoms with Gasteiger partial charge in [0.15, 0.2) is 18.2 Å². The summed E-state index contributed by atoms with van der Waals surface area (Å²) < 4.78 is 19.3. The molecule has 0 unspecified atom stereocenters. The van der Waals surface area contributed by atoms with Crippen LogP contribution in [-0.2, 0) is 0 Å². The molecule has 5 heteroatoms. The molecule has 1 aromatic carbocycles. The summed E-state index contributed by atoms with van der Waals surface area (Å²) in [5, 5.41) is 0. The lowest BCUT2D eigenvalue weighted by Gasteiger charge is -2.07. The molecule has 0 amide bonds. The smallest absolute Gasteiger partial charge is 0.210 e. The molecule has 0 atom stereocenters. The van der Waals surface area contributed by atoms with Gasteiger partial charge >= 0.3 is 0 Å². The standard InChI is InChI=1S/C13H10ClFO2S/c1-8-3-2-4-10(13(8)15)17-7-9(16)11-5-6-12(14)18-11/h2-6H,7H2,1H3. The number of aryl methyl sites for hydroxylation is 1. The van der Waals surface area contributed by atoms with Gasteiger partial charge in [0.2, 0.25) is 5.78 Å². The van der Waals surface area contributed by atoms with E-state index in [4.69, 9.17) is 16.3 Å². The SMILES string of the molecule is Cc1cccc(OCC(=O)c2ccc(Cl)s2)c1F. The Labute approximate surface area is 113 Å². The molecule has 0 spiro atoms. The van der Waals surface area contributed by atoms with Crippen LogP contribution >= 0.6 is 22.9 Å². The molecular weight excluding hydrogens is 275 g/mol. The van der Waals surface area contributed by atoms with Gasteiger partial charge in [-0.3, -0.25) is 4.79 Å². The summed E-state index contributed by atoms with van der Waals surface area (Å²) in [6.07, 6.45) is 0. The van der Waals surface area contributed by atoms with Crippen molar-refractivity contribution in [3.05, 3.63) is 50.9 Å². The van der Waals surface area contributed by atoms with E-state index in [1.807, 2.05) is 0 Å². The van der Waals surface area contributed by atoms with Gasteiger partial charge in [0.25, 0.3) is 0 Å². The Balaban J connectivity index is 2.04. The highest BCUT2D eigenvalue weighted by Crippen LogP contribution is 2.23. The maximum absolute atomic E-state index is 13.6. The van der Waals surface area contributed by atoms with Crippen LogP contribution in [0.25, 0.3) is 0 Å². The first-order valence-electron chi connectivity index (χ1n) is 5.24. The number of hydrogen-bond donors (Lipinski definition) is 0. The van der Waals surface area contributed by atoms with E-state index in [0.717, 1.165) is 0 Å². The third-order valence-corrected chi connectivity index (χ3v) is 3.64. The molecule has 2 aromatic rings. The predicted molar refractivity (Wildman–Crippen MR) is 70.3 cm³/mol. The molecule has 0 radical (unpaired) electrons. The highest BCUT2D eigenvalue weighted by Gasteiger charge is 2.12. The molecule has 18 heavy (non-hydrogen) atoms. The van der Waals surface area contributed by atoms with Gasteiger partial charge in [0.05, 0.1) is 9.21 Å². The van der Waals surface area contributed by atoms with Crippen LogP contribution in [0.15, 0.2) is 30.3 Å². The molecule has 0 fully saturated rings. The van der Waals surface area contributed by atoms with Gasteiger partial charge in [-0.2, -0.15) is 0 Å². The highest BCUT2D eigenvalue weighted by molar-refractivity contribution is 7.18. The number of benzene rings is 1. The van der Waals surface area contributed by atoms with E-state index in [1.165, 1.54) is 17.4 Å². The molecule has 0 aliphatic rings. The summed E-state index contributed by atoms with van der Waals surface area (Å²) in [6.45, 7) is 1.44. The maximum Gasteiger partial charge on any atom is 0.210 e. The second-order valence-electron chi connectivity index (χ2n) is 3.70. The molecule has 1 heterocycles. The Bertz CT molecular complexity index is 580. The fourth-order valence-corrected chi connectivity index (χ4v) is 2.38. The third-order valence-electron chi connectivity index (χ3n) is 2.36. The summed E-state index contributed by atoms with van der Waals surface area (Å²) in [4.78, 5) is 12.2. The number of halogens is 2. The van der Waals surface area contributed by atoms with E-state index in [0.29, 0.717) is 14.8 Å². The fraction of sp³-hybridized carbons (Fsp3) is 0.154. The van der Waals surface area contributed by atoms with Crippen LogP contribution in [-0.4, -0.2) is 12.4 Å². The quantitative estimate of drug-likeness (QED) is 0.790. The zero-order valence-electron chi connectivity index (χ0n) is 9.57. The van der Waals surface area contributed by atoms with Gasteiger partial charge < -0.3 is 4.74 Å². The van der Waals surface area contributed by atoms with Gasteiger partial charge in [-0.05, 0) is 30.7 Å². The van der Waals surface area contributed by atoms with Crippen LogP contribution in [0, 0.1) is 12.7 Å². The predicted octanol–water partition coefficient (Wildman–Crippen LogP) is 4.11. The number of thiophene rings is 1. The van der Waals surface area contributed by atoms with E-state index in [-0.39, 0.29) is 18.1 Å². The molecule has 0 N–H and O–H groups in total. The molecule has 0 aliphatic heterocycles. The average molecular weight is 285 g/mol. The lowest BCUT2D eigenvalue weighted by atomic mass is 10.2. The summed E-state index contributed by atoms with van der Waals surface area (Å²) in [5.41, 5.74) is 0.485. The number of ketones is 1. The minimum atomic E-state index is -0.436. The fourth-order valence-electron chi connectivity index (χ4n) is 1.41. The second kappa shape index (κ2) is 5.50. The Kier molecular flexibility index (Phi) is 3.99. The molecule has 0 aliphatic carbocycles. The van der Waals surface area contributed by atoms with E-state index in [1.54, 1.807) is 31.2 Å². The van der Waals surface area contributed by atoms with Gasteiger partial charge in [0.1, 0.15) is 0 Å². The van der Waals surface area contributed by atoms with E-state index >= 15 is 0 Å². The number of carbonyl (C=O) groups is 1. The van der Waals surface area contributed by atoms with Gasteiger partial charge in [-0.1, -0.05) is 23.7 Å². The Hall–Kier alpha value is -1.39. The van der Waals surface area contributed by atoms with Crippen molar-refractivity contribution in [2.24, 2.45) is 0 Å². The first-order valence-corrected chi connectivity index (χ1v) is 6.44. The van der Waals surface area contributed by atoms with Crippen molar-refractivity contribution in [1.82, 2.24) is 0 Å². The van der Waals surface area contributed by atoms with Gasteiger partial charge in [-0.15, -0.1) is 11.3 Å². The van der Waals surface area contributed by atoms with Crippen molar-refractivity contribution in [1.29, 1.82) is 0 Å². The lowest BCUT2D eigenvalue weighted by Crippen LogP contribution is -2.11. The summed E-state index contributed by atoms with van der Waals surface area (Å²) in [6, 6.07) is 8.10. The molecule has 2 nitrogen and oxygen atoms in total. The Morgan fingerprint density at radius 3 is 2.83 bits per heavy atom. The number of Topliss-reactive ketones (excluding diaryl/α,β-unsaturated/α-hetero) is 1. The minimum absolute atomic E-state index is 0.0889. The second-order valence-corrected chi connectivity index (χ2v) is 5.42. The number of carbonyl (C=O) groups excluding carboxylic acids is 1. The summed E-state index contributed by atoms with van der Waals surface area (Å²) in [5.74, 6) is -0.562. The van der Waals surface area contributed by atoms with E-state index in [2.05, 4.69) is 0 Å². The van der Waals surface area contributed by atoms with Crippen LogP contribution in [0.1, 0.15) is 15.2 Å². The minimum Gasteiger partial charge on any atom is -0.482 e. The molecular formula is C13H10ClFO2S. The van der Waals surface area contributed by atoms with Crippen LogP contribution in [0.4, 0.5) is 4.39 Å². The number of ether oxygens (including phenoxy) is 1. The van der Waals surface area contributed by atoms with E-state index in [9.17, 15) is 9.18 Å². The zero-order valence-corrected chi connectivity index (χ0v) is 11.1. The largest absolute Gasteiger partial charge is 0.482 e. The van der Waals surface area contributed by atoms with Crippen LogP contribution in [0.2, 0.25) is 4.34 Å². The average Bonchev–Trinajstić information content (AvgIpc) is 2.77. The van der Waals surface area contributed by atoms with Crippen molar-refractivity contribution in [2.45, 2.75) is 6.92 Å². The Morgan fingerprint density at radius 1 is 1.39 bits per heavy atom.